The second-order valence-electron chi connectivity index (χ2n) is 32.5. The standard InChI is InChI=1S/C32H52N2.2C31H50N2/c1-27(2)17-13-9-5-7-11-15-19-29-21-23-31(24-22-29)32-33-25-30(26-34-32)20-16-12-8-6-10-14-18-28(3)4;1-26(2)16-12-8-5-6-10-15-19-29-24-32-31(33-25-29)30-22-20-28(21-23-30)18-14-11-7-9-13-17-27(3)4;1-4-5-6-7-8-9-14-17-20-29-25-32-31(33-26-29)30-23-21-28(22-24-30)19-16-13-11-10-12-15-18-27(2)3/h21-28H,5-20H2,1-4H3;20-27H,5-19H2,1-4H3;21-27H,4-20H2,1-3H3. The predicted octanol–water partition coefficient (Wildman–Crippen LogP) is 29.4. The van der Waals surface area contributed by atoms with E-state index >= 15 is 0 Å². The molecule has 0 spiro atoms. The molecule has 6 nitrogen and oxygen atoms in total. The summed E-state index contributed by atoms with van der Waals surface area (Å²) in [5.41, 5.74) is 11.5. The van der Waals surface area contributed by atoms with Crippen molar-refractivity contribution in [2.75, 3.05) is 0 Å². The van der Waals surface area contributed by atoms with Gasteiger partial charge in [-0.05, 0) is 140 Å². The Hall–Kier alpha value is -5.10. The van der Waals surface area contributed by atoms with E-state index in [1.165, 1.54) is 322 Å². The maximum atomic E-state index is 4.65. The molecule has 0 bridgehead atoms. The van der Waals surface area contributed by atoms with Crippen LogP contribution in [0.25, 0.3) is 34.2 Å². The van der Waals surface area contributed by atoms with Crippen LogP contribution in [0.5, 0.6) is 0 Å². The Morgan fingerprint density at radius 1 is 0.190 bits per heavy atom. The molecule has 3 heterocycles. The summed E-state index contributed by atoms with van der Waals surface area (Å²) >= 11 is 0. The van der Waals surface area contributed by atoms with Crippen molar-refractivity contribution in [2.24, 2.45) is 29.6 Å². The molecule has 0 unspecified atom stereocenters. The molecule has 0 fully saturated rings. The first-order valence-corrected chi connectivity index (χ1v) is 42.5. The van der Waals surface area contributed by atoms with Crippen LogP contribution in [0.2, 0.25) is 0 Å². The van der Waals surface area contributed by atoms with Gasteiger partial charge in [-0.2, -0.15) is 0 Å². The largest absolute Gasteiger partial charge is 0.236 e. The zero-order valence-electron chi connectivity index (χ0n) is 66.9. The summed E-state index contributed by atoms with van der Waals surface area (Å²) in [6.07, 6.45) is 76.3. The van der Waals surface area contributed by atoms with Crippen molar-refractivity contribution in [3.05, 3.63) is 143 Å². The summed E-state index contributed by atoms with van der Waals surface area (Å²) < 4.78 is 0. The number of hydrogen-bond acceptors (Lipinski definition) is 6. The van der Waals surface area contributed by atoms with E-state index < -0.39 is 0 Å². The third-order valence-electron chi connectivity index (χ3n) is 20.3. The SMILES string of the molecule is CC(C)CCCCCCCCc1ccc(-c2ncc(CCCCCCCCC(C)C)cn2)cc1.CC(C)CCCCCCCCc1cnc(-c2ccc(CCCCCCCC(C)C)cc2)nc1.CCCCCCCCCCc1cnc(-c2ccc(CCCCCCCCC(C)C)cc2)nc1. The Kier molecular flexibility index (Phi) is 50.9. The van der Waals surface area contributed by atoms with Gasteiger partial charge in [-0.3, -0.25) is 0 Å². The Balaban J connectivity index is 0.000000318. The summed E-state index contributed by atoms with van der Waals surface area (Å²) in [5.74, 6) is 6.81. The molecule has 0 aliphatic carbocycles. The molecule has 0 saturated carbocycles. The Labute approximate surface area is 617 Å². The molecule has 100 heavy (non-hydrogen) atoms. The molecule has 0 aliphatic heterocycles. The van der Waals surface area contributed by atoms with Crippen LogP contribution < -0.4 is 0 Å². The van der Waals surface area contributed by atoms with Crippen LogP contribution in [0.1, 0.15) is 379 Å². The number of aryl methyl sites for hydroxylation is 6. The van der Waals surface area contributed by atoms with Crippen molar-refractivity contribution in [3.63, 3.8) is 0 Å². The fourth-order valence-electron chi connectivity index (χ4n) is 13.6. The van der Waals surface area contributed by atoms with Crippen molar-refractivity contribution in [3.8, 4) is 34.2 Å². The fraction of sp³-hybridized carbons (Fsp3) is 0.681. The lowest BCUT2D eigenvalue weighted by Crippen LogP contribution is -1.94. The summed E-state index contributed by atoms with van der Waals surface area (Å²) in [6.45, 7) is 25.5. The zero-order chi connectivity index (χ0) is 71.7. The van der Waals surface area contributed by atoms with E-state index in [2.05, 4.69) is 179 Å². The minimum Gasteiger partial charge on any atom is -0.236 e. The molecule has 0 aliphatic rings. The van der Waals surface area contributed by atoms with Crippen molar-refractivity contribution in [1.82, 2.24) is 29.9 Å². The Morgan fingerprint density at radius 2 is 0.350 bits per heavy atom. The molecule has 558 valence electrons. The van der Waals surface area contributed by atoms with Gasteiger partial charge in [0.25, 0.3) is 0 Å². The van der Waals surface area contributed by atoms with E-state index in [9.17, 15) is 0 Å². The van der Waals surface area contributed by atoms with Crippen molar-refractivity contribution >= 4 is 0 Å². The smallest absolute Gasteiger partial charge is 0.159 e. The Morgan fingerprint density at radius 3 is 0.530 bits per heavy atom. The molecule has 6 heteroatoms. The second-order valence-corrected chi connectivity index (χ2v) is 32.5. The highest BCUT2D eigenvalue weighted by atomic mass is 14.9. The highest BCUT2D eigenvalue weighted by Crippen LogP contribution is 2.24. The van der Waals surface area contributed by atoms with E-state index in [1.807, 2.05) is 37.2 Å². The normalized spacial score (nSPS) is 11.5. The summed E-state index contributed by atoms with van der Waals surface area (Å²) in [5, 5.41) is 0. The predicted molar refractivity (Wildman–Crippen MR) is 438 cm³/mol. The summed E-state index contributed by atoms with van der Waals surface area (Å²) in [7, 11) is 0. The molecule has 6 rings (SSSR count). The third kappa shape index (κ3) is 45.8. The van der Waals surface area contributed by atoms with Crippen molar-refractivity contribution < 1.29 is 0 Å². The Bertz CT molecular complexity index is 2700. The minimum absolute atomic E-state index is 0.848. The molecule has 0 atom stereocenters. The first-order chi connectivity index (χ1) is 48.8. The number of benzene rings is 3. The van der Waals surface area contributed by atoms with Crippen LogP contribution >= 0.6 is 0 Å². The van der Waals surface area contributed by atoms with E-state index in [-0.39, 0.29) is 0 Å². The summed E-state index contributed by atoms with van der Waals surface area (Å²) in [4.78, 5) is 27.8. The average Bonchev–Trinajstić information content (AvgIpc) is 0.876. The molecule has 3 aromatic carbocycles. The van der Waals surface area contributed by atoms with Gasteiger partial charge in [-0.1, -0.05) is 380 Å². The molecule has 0 saturated heterocycles. The van der Waals surface area contributed by atoms with Gasteiger partial charge < -0.3 is 0 Å². The topological polar surface area (TPSA) is 77.3 Å². The minimum atomic E-state index is 0.848. The van der Waals surface area contributed by atoms with E-state index in [0.29, 0.717) is 0 Å². The maximum absolute atomic E-state index is 4.65. The van der Waals surface area contributed by atoms with Crippen LogP contribution in [-0.2, 0) is 38.5 Å². The van der Waals surface area contributed by atoms with Crippen LogP contribution in [0.15, 0.2) is 110 Å². The number of aromatic nitrogens is 6. The van der Waals surface area contributed by atoms with E-state index in [4.69, 9.17) is 0 Å². The highest BCUT2D eigenvalue weighted by Gasteiger charge is 2.09. The monoisotopic (exact) mass is 1370 g/mol. The second kappa shape index (κ2) is 58.3. The van der Waals surface area contributed by atoms with Crippen LogP contribution in [0.3, 0.4) is 0 Å². The average molecular weight is 1370 g/mol. The quantitative estimate of drug-likeness (QED) is 0.0354. The third-order valence-corrected chi connectivity index (χ3v) is 20.3. The molecule has 3 aromatic heterocycles. The lowest BCUT2D eigenvalue weighted by molar-refractivity contribution is 0.511. The summed E-state index contributed by atoms with van der Waals surface area (Å²) in [6, 6.07) is 26.7. The zero-order valence-corrected chi connectivity index (χ0v) is 66.9. The van der Waals surface area contributed by atoms with Crippen LogP contribution in [0.4, 0.5) is 0 Å². The van der Waals surface area contributed by atoms with Gasteiger partial charge in [0.2, 0.25) is 0 Å². The fourth-order valence-corrected chi connectivity index (χ4v) is 13.6. The molecule has 0 radical (unpaired) electrons. The van der Waals surface area contributed by atoms with E-state index in [1.54, 1.807) is 0 Å². The number of rotatable bonds is 56. The number of unbranched alkanes of at least 4 members (excludes halogenated alkanes) is 31. The maximum Gasteiger partial charge on any atom is 0.159 e. The molecule has 0 amide bonds. The van der Waals surface area contributed by atoms with Crippen molar-refractivity contribution in [2.45, 2.75) is 384 Å². The van der Waals surface area contributed by atoms with Gasteiger partial charge in [-0.15, -0.1) is 0 Å². The van der Waals surface area contributed by atoms with Gasteiger partial charge >= 0.3 is 0 Å². The van der Waals surface area contributed by atoms with Gasteiger partial charge in [0.1, 0.15) is 0 Å². The number of hydrogen-bond donors (Lipinski definition) is 0. The molecular formula is C94H152N6. The van der Waals surface area contributed by atoms with Crippen molar-refractivity contribution in [1.29, 1.82) is 0 Å². The van der Waals surface area contributed by atoms with E-state index in [0.717, 1.165) is 83.0 Å². The first kappa shape index (κ1) is 87.3. The molecule has 6 aromatic rings. The molecular weight excluding hydrogens is 1210 g/mol. The van der Waals surface area contributed by atoms with Crippen LogP contribution in [-0.4, -0.2) is 29.9 Å². The van der Waals surface area contributed by atoms with Gasteiger partial charge in [0, 0.05) is 53.9 Å². The lowest BCUT2D eigenvalue weighted by Gasteiger charge is -2.06. The first-order valence-electron chi connectivity index (χ1n) is 42.5. The van der Waals surface area contributed by atoms with Gasteiger partial charge in [0.05, 0.1) is 0 Å². The van der Waals surface area contributed by atoms with Gasteiger partial charge in [-0.25, -0.2) is 29.9 Å². The lowest BCUT2D eigenvalue weighted by atomic mass is 10.0. The highest BCUT2D eigenvalue weighted by molar-refractivity contribution is 5.57. The van der Waals surface area contributed by atoms with Gasteiger partial charge in [0.15, 0.2) is 17.5 Å². The van der Waals surface area contributed by atoms with Crippen LogP contribution in [0, 0.1) is 29.6 Å². The molecule has 0 N–H and O–H groups in total. The number of nitrogens with zero attached hydrogens (tertiary/aromatic N) is 6.